The molecule has 2 saturated heterocycles. The van der Waals surface area contributed by atoms with Gasteiger partial charge in [-0.2, -0.15) is 0 Å². The third-order valence-corrected chi connectivity index (χ3v) is 4.16. The van der Waals surface area contributed by atoms with E-state index in [1.165, 1.54) is 0 Å². The van der Waals surface area contributed by atoms with Gasteiger partial charge in [-0.3, -0.25) is 4.79 Å². The summed E-state index contributed by atoms with van der Waals surface area (Å²) in [6.45, 7) is 1.84. The number of hydrogen-bond acceptors (Lipinski definition) is 4. The van der Waals surface area contributed by atoms with E-state index in [4.69, 9.17) is 5.73 Å². The van der Waals surface area contributed by atoms with E-state index in [9.17, 15) is 9.90 Å². The average molecular weight is 261 g/mol. The van der Waals surface area contributed by atoms with Crippen molar-refractivity contribution in [1.29, 1.82) is 0 Å². The van der Waals surface area contributed by atoms with Crippen molar-refractivity contribution in [2.24, 2.45) is 0 Å². The topological polar surface area (TPSA) is 79.5 Å². The Kier molecular flexibility index (Phi) is 2.93. The Morgan fingerprint density at radius 3 is 2.58 bits per heavy atom. The first kappa shape index (κ1) is 12.4. The summed E-state index contributed by atoms with van der Waals surface area (Å²) in [5.74, 6) is 0.407. The molecule has 102 valence electrons. The quantitative estimate of drug-likeness (QED) is 0.793. The number of piperidine rings is 1. The van der Waals surface area contributed by atoms with Crippen molar-refractivity contribution in [2.75, 3.05) is 5.73 Å². The molecule has 1 aromatic heterocycles. The highest BCUT2D eigenvalue weighted by atomic mass is 16.3. The monoisotopic (exact) mass is 261 g/mol. The maximum absolute atomic E-state index is 12.6. The predicted octanol–water partition coefficient (Wildman–Crippen LogP) is 1.10. The van der Waals surface area contributed by atoms with Gasteiger partial charge in [0.2, 0.25) is 0 Å². The number of aryl methyl sites for hydroxylation is 1. The van der Waals surface area contributed by atoms with Gasteiger partial charge in [-0.15, -0.1) is 0 Å². The molecule has 3 rings (SSSR count). The zero-order valence-corrected chi connectivity index (χ0v) is 11.0. The van der Waals surface area contributed by atoms with E-state index in [2.05, 4.69) is 4.98 Å². The molecule has 0 aliphatic carbocycles. The fourth-order valence-corrected chi connectivity index (χ4v) is 3.45. The minimum Gasteiger partial charge on any atom is -0.393 e. The molecule has 0 spiro atoms. The van der Waals surface area contributed by atoms with Gasteiger partial charge in [0.15, 0.2) is 0 Å². The molecule has 2 aliphatic heterocycles. The summed E-state index contributed by atoms with van der Waals surface area (Å²) >= 11 is 0. The van der Waals surface area contributed by atoms with Crippen molar-refractivity contribution in [1.82, 2.24) is 9.88 Å². The van der Waals surface area contributed by atoms with E-state index < -0.39 is 0 Å². The molecule has 5 heteroatoms. The van der Waals surface area contributed by atoms with Crippen LogP contribution >= 0.6 is 0 Å². The normalized spacial score (nSPS) is 29.6. The number of anilines is 1. The Bertz CT molecular complexity index is 483. The lowest BCUT2D eigenvalue weighted by Gasteiger charge is -2.37. The summed E-state index contributed by atoms with van der Waals surface area (Å²) in [5, 5.41) is 9.78. The highest BCUT2D eigenvalue weighted by Crippen LogP contribution is 2.36. The van der Waals surface area contributed by atoms with Gasteiger partial charge in [-0.05, 0) is 44.7 Å². The molecular weight excluding hydrogens is 242 g/mol. The number of aromatic nitrogens is 1. The SMILES string of the molecule is Cc1cc(C(=O)N2C3CCC2CC(O)C3)cc(N)n1. The molecule has 2 atom stereocenters. The van der Waals surface area contributed by atoms with Crippen molar-refractivity contribution in [3.63, 3.8) is 0 Å². The molecule has 3 N–H and O–H groups in total. The van der Waals surface area contributed by atoms with Crippen LogP contribution in [-0.2, 0) is 0 Å². The third kappa shape index (κ3) is 2.18. The Labute approximate surface area is 112 Å². The maximum atomic E-state index is 12.6. The number of fused-ring (bicyclic) bond motifs is 2. The summed E-state index contributed by atoms with van der Waals surface area (Å²) in [6.07, 6.45) is 3.12. The second-order valence-electron chi connectivity index (χ2n) is 5.64. The first-order chi connectivity index (χ1) is 9.04. The molecule has 0 aromatic carbocycles. The van der Waals surface area contributed by atoms with Crippen molar-refractivity contribution in [2.45, 2.75) is 50.8 Å². The van der Waals surface area contributed by atoms with Crippen LogP contribution in [0.15, 0.2) is 12.1 Å². The number of nitrogens with zero attached hydrogens (tertiary/aromatic N) is 2. The number of hydrogen-bond donors (Lipinski definition) is 2. The standard InChI is InChI=1S/C14H19N3O2/c1-8-4-9(5-13(15)16-8)14(19)17-10-2-3-11(17)7-12(18)6-10/h4-5,10-12,18H,2-3,6-7H2,1H3,(H2,15,16). The Hall–Kier alpha value is -1.62. The van der Waals surface area contributed by atoms with Crippen LogP contribution in [-0.4, -0.2) is 39.1 Å². The lowest BCUT2D eigenvalue weighted by atomic mass is 9.99. The first-order valence-corrected chi connectivity index (χ1v) is 6.79. The molecular formula is C14H19N3O2. The number of nitrogens with two attached hydrogens (primary N) is 1. The van der Waals surface area contributed by atoms with Crippen LogP contribution in [0.5, 0.6) is 0 Å². The number of rotatable bonds is 1. The number of carbonyl (C=O) groups is 1. The van der Waals surface area contributed by atoms with Gasteiger partial charge in [-0.25, -0.2) is 4.98 Å². The average Bonchev–Trinajstić information content (AvgIpc) is 2.59. The number of aliphatic hydroxyl groups is 1. The van der Waals surface area contributed by atoms with E-state index in [1.807, 2.05) is 11.8 Å². The molecule has 5 nitrogen and oxygen atoms in total. The Morgan fingerprint density at radius 2 is 2.00 bits per heavy atom. The van der Waals surface area contributed by atoms with Crippen LogP contribution < -0.4 is 5.73 Å². The van der Waals surface area contributed by atoms with Crippen LogP contribution in [0, 0.1) is 6.92 Å². The summed E-state index contributed by atoms with van der Waals surface area (Å²) in [6, 6.07) is 3.77. The molecule has 2 bridgehead atoms. The minimum absolute atomic E-state index is 0.0246. The van der Waals surface area contributed by atoms with Crippen LogP contribution in [0.4, 0.5) is 5.82 Å². The number of pyridine rings is 1. The van der Waals surface area contributed by atoms with E-state index >= 15 is 0 Å². The third-order valence-electron chi connectivity index (χ3n) is 4.16. The number of aliphatic hydroxyl groups excluding tert-OH is 1. The Morgan fingerprint density at radius 1 is 1.37 bits per heavy atom. The summed E-state index contributed by atoms with van der Waals surface area (Å²) in [7, 11) is 0. The second kappa shape index (κ2) is 4.49. The van der Waals surface area contributed by atoms with Gasteiger partial charge >= 0.3 is 0 Å². The lowest BCUT2D eigenvalue weighted by Crippen LogP contribution is -2.48. The van der Waals surface area contributed by atoms with Crippen molar-refractivity contribution in [3.05, 3.63) is 23.4 Å². The van der Waals surface area contributed by atoms with E-state index in [0.717, 1.165) is 18.5 Å². The van der Waals surface area contributed by atoms with Gasteiger partial charge in [0, 0.05) is 23.3 Å². The van der Waals surface area contributed by atoms with Crippen molar-refractivity contribution >= 4 is 11.7 Å². The van der Waals surface area contributed by atoms with Crippen LogP contribution in [0.25, 0.3) is 0 Å². The first-order valence-electron chi connectivity index (χ1n) is 6.79. The zero-order chi connectivity index (χ0) is 13.6. The van der Waals surface area contributed by atoms with Gasteiger partial charge in [0.1, 0.15) is 5.82 Å². The van der Waals surface area contributed by atoms with Crippen LogP contribution in [0.3, 0.4) is 0 Å². The fraction of sp³-hybridized carbons (Fsp3) is 0.571. The molecule has 1 aromatic rings. The Balaban J connectivity index is 1.88. The second-order valence-corrected chi connectivity index (χ2v) is 5.64. The maximum Gasteiger partial charge on any atom is 0.254 e. The number of nitrogen functional groups attached to an aromatic ring is 1. The molecule has 1 amide bonds. The summed E-state index contributed by atoms with van der Waals surface area (Å²) in [5.41, 5.74) is 7.08. The van der Waals surface area contributed by atoms with Crippen LogP contribution in [0.1, 0.15) is 41.7 Å². The van der Waals surface area contributed by atoms with Gasteiger partial charge < -0.3 is 15.7 Å². The predicted molar refractivity (Wildman–Crippen MR) is 71.6 cm³/mol. The van der Waals surface area contributed by atoms with E-state index in [1.54, 1.807) is 12.1 Å². The number of carbonyl (C=O) groups excluding carboxylic acids is 1. The summed E-state index contributed by atoms with van der Waals surface area (Å²) < 4.78 is 0. The van der Waals surface area contributed by atoms with E-state index in [0.29, 0.717) is 24.2 Å². The zero-order valence-electron chi connectivity index (χ0n) is 11.0. The van der Waals surface area contributed by atoms with Crippen molar-refractivity contribution < 1.29 is 9.90 Å². The van der Waals surface area contributed by atoms with Gasteiger partial charge in [-0.1, -0.05) is 0 Å². The highest BCUT2D eigenvalue weighted by Gasteiger charge is 2.42. The summed E-state index contributed by atoms with van der Waals surface area (Å²) in [4.78, 5) is 18.7. The molecule has 3 heterocycles. The smallest absolute Gasteiger partial charge is 0.254 e. The van der Waals surface area contributed by atoms with Crippen LogP contribution in [0.2, 0.25) is 0 Å². The highest BCUT2D eigenvalue weighted by molar-refractivity contribution is 5.95. The van der Waals surface area contributed by atoms with Gasteiger partial charge in [0.25, 0.3) is 5.91 Å². The molecule has 0 radical (unpaired) electrons. The van der Waals surface area contributed by atoms with E-state index in [-0.39, 0.29) is 24.1 Å². The molecule has 2 fully saturated rings. The molecule has 2 aliphatic rings. The fourth-order valence-electron chi connectivity index (χ4n) is 3.45. The molecule has 19 heavy (non-hydrogen) atoms. The minimum atomic E-state index is -0.259. The largest absolute Gasteiger partial charge is 0.393 e. The van der Waals surface area contributed by atoms with Gasteiger partial charge in [0.05, 0.1) is 6.10 Å². The number of amides is 1. The lowest BCUT2D eigenvalue weighted by molar-refractivity contribution is 0.0287. The van der Waals surface area contributed by atoms with Crippen molar-refractivity contribution in [3.8, 4) is 0 Å². The molecule has 0 saturated carbocycles. The molecule has 2 unspecified atom stereocenters.